The van der Waals surface area contributed by atoms with E-state index in [1.807, 2.05) is 0 Å². The molecule has 2 heterocycles. The van der Waals surface area contributed by atoms with Crippen LogP contribution >= 0.6 is 0 Å². The minimum atomic E-state index is -0.273. The number of aromatic nitrogens is 1. The fourth-order valence-electron chi connectivity index (χ4n) is 2.93. The van der Waals surface area contributed by atoms with Gasteiger partial charge in [-0.15, -0.1) is 0 Å². The van der Waals surface area contributed by atoms with Crippen LogP contribution in [-0.4, -0.2) is 35.8 Å². The van der Waals surface area contributed by atoms with Crippen LogP contribution in [0, 0.1) is 5.92 Å². The lowest BCUT2D eigenvalue weighted by Gasteiger charge is -2.38. The summed E-state index contributed by atoms with van der Waals surface area (Å²) in [6.07, 6.45) is 2.23. The lowest BCUT2D eigenvalue weighted by molar-refractivity contribution is 0.0747. The Kier molecular flexibility index (Phi) is 4.52. The van der Waals surface area contributed by atoms with E-state index in [0.717, 1.165) is 19.3 Å². The molecular weight excluding hydrogens is 260 g/mol. The second kappa shape index (κ2) is 6.15. The van der Waals surface area contributed by atoms with E-state index >= 15 is 0 Å². The van der Waals surface area contributed by atoms with Crippen molar-refractivity contribution in [1.82, 2.24) is 10.1 Å². The summed E-state index contributed by atoms with van der Waals surface area (Å²) in [5.74, 6) is 1.36. The van der Waals surface area contributed by atoms with Gasteiger partial charge >= 0.3 is 6.09 Å². The molecule has 0 bridgehead atoms. The topological polar surface area (TPSA) is 75.5 Å². The summed E-state index contributed by atoms with van der Waals surface area (Å²) in [4.78, 5) is 24.8. The zero-order valence-corrected chi connectivity index (χ0v) is 12.2. The van der Waals surface area contributed by atoms with Crippen LogP contribution in [0.15, 0.2) is 15.4 Å². The van der Waals surface area contributed by atoms with Crippen molar-refractivity contribution in [3.8, 4) is 0 Å². The smallest absolute Gasteiger partial charge is 0.409 e. The Hall–Kier alpha value is -1.72. The van der Waals surface area contributed by atoms with Crippen LogP contribution in [0.4, 0.5) is 4.79 Å². The number of hydrogen-bond donors (Lipinski definition) is 1. The van der Waals surface area contributed by atoms with Crippen LogP contribution < -0.4 is 5.56 Å². The zero-order chi connectivity index (χ0) is 14.7. The number of likely N-dealkylation sites (tertiary alicyclic amines) is 1. The fraction of sp³-hybridized carbons (Fsp3) is 0.714. The van der Waals surface area contributed by atoms with Gasteiger partial charge in [0.25, 0.3) is 5.56 Å². The minimum absolute atomic E-state index is 0.126. The number of carbonyl (C=O) groups excluding carboxylic acids is 1. The molecule has 0 aliphatic carbocycles. The van der Waals surface area contributed by atoms with E-state index in [0.29, 0.717) is 18.2 Å². The molecule has 0 saturated carbocycles. The average Bonchev–Trinajstić information content (AvgIpc) is 2.84. The standard InChI is InChI=1S/C14H22N2O4/c1-9(2)6-11-7-10(12-8-13(17)15-20-12)4-5-16(11)14(18)19-3/h8-11H,4-7H2,1-3H3,(H,15,17)/t10-,11-/m0/s1. The number of nitrogens with one attached hydrogen (secondary N) is 1. The highest BCUT2D eigenvalue weighted by atomic mass is 16.5. The lowest BCUT2D eigenvalue weighted by Crippen LogP contribution is -2.46. The summed E-state index contributed by atoms with van der Waals surface area (Å²) < 4.78 is 10.1. The molecule has 20 heavy (non-hydrogen) atoms. The summed E-state index contributed by atoms with van der Waals surface area (Å²) in [5.41, 5.74) is -0.212. The highest BCUT2D eigenvalue weighted by Gasteiger charge is 2.34. The molecule has 0 aromatic carbocycles. The molecule has 1 saturated heterocycles. The maximum absolute atomic E-state index is 11.8. The molecule has 1 N–H and O–H groups in total. The molecule has 1 aromatic heterocycles. The van der Waals surface area contributed by atoms with Crippen LogP contribution in [-0.2, 0) is 4.74 Å². The first-order valence-electron chi connectivity index (χ1n) is 7.04. The Balaban J connectivity index is 2.12. The Labute approximate surface area is 118 Å². The molecule has 0 radical (unpaired) electrons. The third-order valence-electron chi connectivity index (χ3n) is 3.81. The third-order valence-corrected chi connectivity index (χ3v) is 3.81. The summed E-state index contributed by atoms with van der Waals surface area (Å²) in [5, 5.41) is 2.33. The second-order valence-electron chi connectivity index (χ2n) is 5.78. The van der Waals surface area contributed by atoms with Gasteiger partial charge in [-0.05, 0) is 25.2 Å². The molecule has 1 aromatic rings. The van der Waals surface area contributed by atoms with Gasteiger partial charge in [0.1, 0.15) is 5.76 Å². The number of aromatic amines is 1. The van der Waals surface area contributed by atoms with Crippen molar-refractivity contribution < 1.29 is 14.1 Å². The van der Waals surface area contributed by atoms with Gasteiger partial charge in [-0.25, -0.2) is 4.79 Å². The minimum Gasteiger partial charge on any atom is -0.453 e. The quantitative estimate of drug-likeness (QED) is 0.923. The van der Waals surface area contributed by atoms with Gasteiger partial charge in [-0.3, -0.25) is 4.79 Å². The zero-order valence-electron chi connectivity index (χ0n) is 12.2. The Morgan fingerprint density at radius 1 is 1.60 bits per heavy atom. The van der Waals surface area contributed by atoms with Gasteiger partial charge in [0.05, 0.1) is 7.11 Å². The monoisotopic (exact) mass is 282 g/mol. The number of amides is 1. The SMILES string of the molecule is COC(=O)N1CC[C@H](c2cc(=O)[nH]o2)C[C@@H]1CC(C)C. The molecule has 0 unspecified atom stereocenters. The van der Waals surface area contributed by atoms with Crippen LogP contribution in [0.2, 0.25) is 0 Å². The highest BCUT2D eigenvalue weighted by Crippen LogP contribution is 2.33. The van der Waals surface area contributed by atoms with Gasteiger partial charge in [0, 0.05) is 24.6 Å². The molecule has 112 valence electrons. The first-order valence-corrected chi connectivity index (χ1v) is 7.04. The van der Waals surface area contributed by atoms with Gasteiger partial charge in [-0.1, -0.05) is 13.8 Å². The van der Waals surface area contributed by atoms with Gasteiger partial charge < -0.3 is 14.2 Å². The summed E-state index contributed by atoms with van der Waals surface area (Å²) in [6.45, 7) is 4.90. The number of methoxy groups -OCH3 is 1. The van der Waals surface area contributed by atoms with Crippen molar-refractivity contribution >= 4 is 6.09 Å². The van der Waals surface area contributed by atoms with E-state index in [1.165, 1.54) is 13.2 Å². The molecular formula is C14H22N2O4. The Morgan fingerprint density at radius 3 is 2.90 bits per heavy atom. The van der Waals surface area contributed by atoms with E-state index in [4.69, 9.17) is 9.26 Å². The molecule has 0 spiro atoms. The van der Waals surface area contributed by atoms with Crippen molar-refractivity contribution in [3.05, 3.63) is 22.2 Å². The van der Waals surface area contributed by atoms with E-state index in [9.17, 15) is 9.59 Å². The Bertz CT molecular complexity index is 505. The van der Waals surface area contributed by atoms with Gasteiger partial charge in [0.15, 0.2) is 0 Å². The molecule has 2 atom stereocenters. The third kappa shape index (κ3) is 3.23. The maximum Gasteiger partial charge on any atom is 0.409 e. The number of rotatable bonds is 3. The van der Waals surface area contributed by atoms with Gasteiger partial charge in [0.2, 0.25) is 0 Å². The molecule has 1 aliphatic rings. The summed E-state index contributed by atoms with van der Waals surface area (Å²) >= 11 is 0. The number of nitrogens with zero attached hydrogens (tertiary/aromatic N) is 1. The predicted octanol–water partition coefficient (Wildman–Crippen LogP) is 2.33. The number of ether oxygens (including phenoxy) is 1. The van der Waals surface area contributed by atoms with Crippen LogP contribution in [0.5, 0.6) is 0 Å². The summed E-state index contributed by atoms with van der Waals surface area (Å²) in [7, 11) is 1.41. The highest BCUT2D eigenvalue weighted by molar-refractivity contribution is 5.68. The van der Waals surface area contributed by atoms with E-state index in [-0.39, 0.29) is 23.6 Å². The number of piperidine rings is 1. The summed E-state index contributed by atoms with van der Waals surface area (Å²) in [6, 6.07) is 1.63. The second-order valence-corrected chi connectivity index (χ2v) is 5.78. The lowest BCUT2D eigenvalue weighted by atomic mass is 9.85. The van der Waals surface area contributed by atoms with Crippen molar-refractivity contribution in [3.63, 3.8) is 0 Å². The largest absolute Gasteiger partial charge is 0.453 e. The first kappa shape index (κ1) is 14.7. The number of H-pyrrole nitrogens is 1. The molecule has 6 nitrogen and oxygen atoms in total. The normalized spacial score (nSPS) is 23.1. The van der Waals surface area contributed by atoms with Crippen LogP contribution in [0.3, 0.4) is 0 Å². The molecule has 1 fully saturated rings. The number of hydrogen-bond acceptors (Lipinski definition) is 4. The molecule has 1 amide bonds. The van der Waals surface area contributed by atoms with Crippen molar-refractivity contribution in [2.45, 2.75) is 45.1 Å². The van der Waals surface area contributed by atoms with Crippen molar-refractivity contribution in [2.24, 2.45) is 5.92 Å². The Morgan fingerprint density at radius 2 is 2.35 bits per heavy atom. The first-order chi connectivity index (χ1) is 9.51. The van der Waals surface area contributed by atoms with E-state index in [2.05, 4.69) is 19.0 Å². The number of carbonyl (C=O) groups is 1. The van der Waals surface area contributed by atoms with E-state index < -0.39 is 0 Å². The molecule has 6 heteroatoms. The molecule has 1 aliphatic heterocycles. The van der Waals surface area contributed by atoms with Crippen molar-refractivity contribution in [1.29, 1.82) is 0 Å². The van der Waals surface area contributed by atoms with Crippen LogP contribution in [0.1, 0.15) is 44.8 Å². The maximum atomic E-state index is 11.8. The molecule has 2 rings (SSSR count). The fourth-order valence-corrected chi connectivity index (χ4v) is 2.93. The van der Waals surface area contributed by atoms with Gasteiger partial charge in [-0.2, -0.15) is 5.16 Å². The van der Waals surface area contributed by atoms with Crippen molar-refractivity contribution in [2.75, 3.05) is 13.7 Å². The predicted molar refractivity (Wildman–Crippen MR) is 73.7 cm³/mol. The van der Waals surface area contributed by atoms with E-state index in [1.54, 1.807) is 4.90 Å². The average molecular weight is 282 g/mol. The van der Waals surface area contributed by atoms with Crippen LogP contribution in [0.25, 0.3) is 0 Å².